The van der Waals surface area contributed by atoms with Crippen LogP contribution in [0.2, 0.25) is 0 Å². The Labute approximate surface area is 288 Å². The highest BCUT2D eigenvalue weighted by atomic mass is 16.2. The van der Waals surface area contributed by atoms with E-state index in [0.29, 0.717) is 45.3 Å². The van der Waals surface area contributed by atoms with Crippen molar-refractivity contribution in [2.45, 2.75) is 62.6 Å². The zero-order valence-corrected chi connectivity index (χ0v) is 27.8. The maximum absolute atomic E-state index is 14.8. The first-order valence-electron chi connectivity index (χ1n) is 17.3. The van der Waals surface area contributed by atoms with E-state index >= 15 is 0 Å². The summed E-state index contributed by atoms with van der Waals surface area (Å²) in [6, 6.07) is 37.0. The van der Waals surface area contributed by atoms with Crippen LogP contribution in [-0.4, -0.2) is 52.3 Å². The minimum absolute atomic E-state index is 0.175. The summed E-state index contributed by atoms with van der Waals surface area (Å²) in [4.78, 5) is 47.8. The molecule has 0 bridgehead atoms. The van der Waals surface area contributed by atoms with Crippen LogP contribution in [0.25, 0.3) is 10.9 Å². The molecule has 8 heteroatoms. The lowest BCUT2D eigenvalue weighted by molar-refractivity contribution is -0.142. The van der Waals surface area contributed by atoms with Gasteiger partial charge in [-0.05, 0) is 60.5 Å². The summed E-state index contributed by atoms with van der Waals surface area (Å²) in [6.07, 6.45) is 4.75. The molecule has 49 heavy (non-hydrogen) atoms. The smallest absolute Gasteiger partial charge is 0.249 e. The minimum Gasteiger partial charge on any atom is -0.361 e. The van der Waals surface area contributed by atoms with Gasteiger partial charge in [-0.1, -0.05) is 109 Å². The Morgan fingerprint density at radius 2 is 1.47 bits per heavy atom. The third-order valence-electron chi connectivity index (χ3n) is 9.71. The quantitative estimate of drug-likeness (QED) is 0.106. The summed E-state index contributed by atoms with van der Waals surface area (Å²) >= 11 is 0. The zero-order chi connectivity index (χ0) is 34.1. The maximum Gasteiger partial charge on any atom is 0.249 e. The second-order valence-corrected chi connectivity index (χ2v) is 13.0. The summed E-state index contributed by atoms with van der Waals surface area (Å²) in [5, 5.41) is 7.34. The van der Waals surface area contributed by atoms with Gasteiger partial charge in [0.25, 0.3) is 0 Å². The van der Waals surface area contributed by atoms with Crippen LogP contribution in [0, 0.1) is 0 Å². The Hall–Kier alpha value is -5.21. The Balaban J connectivity index is 1.29. The van der Waals surface area contributed by atoms with Gasteiger partial charge >= 0.3 is 0 Å². The maximum atomic E-state index is 14.8. The normalized spacial score (nSPS) is 16.6. The second kappa shape index (κ2) is 15.8. The average Bonchev–Trinajstić information content (AvgIpc) is 3.69. The number of benzene rings is 4. The number of nitrogens with two attached hydrogens (primary N) is 1. The first-order valence-corrected chi connectivity index (χ1v) is 17.3. The molecular weight excluding hydrogens is 610 g/mol. The van der Waals surface area contributed by atoms with Crippen LogP contribution in [0.3, 0.4) is 0 Å². The van der Waals surface area contributed by atoms with Crippen molar-refractivity contribution in [2.24, 2.45) is 5.73 Å². The van der Waals surface area contributed by atoms with E-state index in [-0.39, 0.29) is 30.1 Å². The summed E-state index contributed by atoms with van der Waals surface area (Å²) in [6.45, 7) is 1.23. The molecule has 1 aliphatic rings. The molecule has 0 spiro atoms. The minimum atomic E-state index is -1.22. The van der Waals surface area contributed by atoms with Crippen LogP contribution in [0.5, 0.6) is 0 Å². The second-order valence-electron chi connectivity index (χ2n) is 13.0. The van der Waals surface area contributed by atoms with Gasteiger partial charge in [-0.25, -0.2) is 0 Å². The molecule has 0 aliphatic carbocycles. The number of carbonyl (C=O) groups is 3. The van der Waals surface area contributed by atoms with Crippen LogP contribution < -0.4 is 16.4 Å². The van der Waals surface area contributed by atoms with Gasteiger partial charge in [-0.2, -0.15) is 0 Å². The Bertz CT molecular complexity index is 1800. The standard InChI is InChI=1S/C41H45N5O3/c42-24-13-12-22-37(39(48)44-28-30-14-4-1-5-15-30)46-25-23-41(40(46)49,27-33-29-43-36-21-11-10-20-34(33)36)45-38(47)26-35(31-16-6-2-7-17-31)32-18-8-3-9-19-32/h1-11,14-21,29,35,37,43H,12-13,22-28,42H2,(H,44,48)(H,45,47)/t37-,41?/m0/s1. The molecule has 5 N–H and O–H groups in total. The average molecular weight is 656 g/mol. The molecule has 1 saturated heterocycles. The van der Waals surface area contributed by atoms with Crippen LogP contribution in [0.4, 0.5) is 0 Å². The molecule has 1 aliphatic heterocycles. The van der Waals surface area contributed by atoms with Gasteiger partial charge < -0.3 is 26.3 Å². The van der Waals surface area contributed by atoms with E-state index in [9.17, 15) is 14.4 Å². The van der Waals surface area contributed by atoms with Gasteiger partial charge in [0, 0.05) is 48.9 Å². The largest absolute Gasteiger partial charge is 0.361 e. The zero-order valence-electron chi connectivity index (χ0n) is 27.8. The van der Waals surface area contributed by atoms with Crippen LogP contribution >= 0.6 is 0 Å². The number of amides is 3. The number of fused-ring (bicyclic) bond motifs is 1. The number of likely N-dealkylation sites (tertiary alicyclic amines) is 1. The van der Waals surface area contributed by atoms with Crippen molar-refractivity contribution in [3.63, 3.8) is 0 Å². The van der Waals surface area contributed by atoms with Gasteiger partial charge in [0.1, 0.15) is 11.6 Å². The number of aromatic amines is 1. The molecule has 2 heterocycles. The van der Waals surface area contributed by atoms with Crippen molar-refractivity contribution in [3.8, 4) is 0 Å². The summed E-state index contributed by atoms with van der Waals surface area (Å²) < 4.78 is 0. The Morgan fingerprint density at radius 1 is 0.837 bits per heavy atom. The Kier molecular flexibility index (Phi) is 10.9. The number of carbonyl (C=O) groups excluding carboxylic acids is 3. The molecule has 5 aromatic rings. The number of rotatable bonds is 15. The number of para-hydroxylation sites is 1. The van der Waals surface area contributed by atoms with E-state index in [0.717, 1.165) is 39.6 Å². The summed E-state index contributed by atoms with van der Waals surface area (Å²) in [5.74, 6) is -0.819. The van der Waals surface area contributed by atoms with Gasteiger partial charge in [0.05, 0.1) is 0 Å². The number of hydrogen-bond acceptors (Lipinski definition) is 4. The molecule has 6 rings (SSSR count). The first kappa shape index (κ1) is 33.7. The fraction of sp³-hybridized carbons (Fsp3) is 0.293. The van der Waals surface area contributed by atoms with Gasteiger partial charge in [0.15, 0.2) is 0 Å². The molecule has 1 fully saturated rings. The van der Waals surface area contributed by atoms with Crippen molar-refractivity contribution >= 4 is 28.6 Å². The highest BCUT2D eigenvalue weighted by molar-refractivity contribution is 5.97. The van der Waals surface area contributed by atoms with Gasteiger partial charge in [0.2, 0.25) is 17.7 Å². The van der Waals surface area contributed by atoms with Crippen LogP contribution in [0.15, 0.2) is 121 Å². The highest BCUT2D eigenvalue weighted by Gasteiger charge is 2.51. The number of nitrogens with zero attached hydrogens (tertiary/aromatic N) is 1. The van der Waals surface area contributed by atoms with E-state index < -0.39 is 11.6 Å². The molecular formula is C41H45N5O3. The molecule has 252 valence electrons. The summed E-state index contributed by atoms with van der Waals surface area (Å²) in [5.41, 5.74) is 9.56. The molecule has 0 radical (unpaired) electrons. The van der Waals surface area contributed by atoms with Gasteiger partial charge in [-0.3, -0.25) is 14.4 Å². The van der Waals surface area contributed by atoms with Crippen molar-refractivity contribution < 1.29 is 14.4 Å². The molecule has 8 nitrogen and oxygen atoms in total. The number of hydrogen-bond donors (Lipinski definition) is 4. The first-order chi connectivity index (χ1) is 24.0. The lowest BCUT2D eigenvalue weighted by Crippen LogP contribution is -2.58. The van der Waals surface area contributed by atoms with E-state index in [4.69, 9.17) is 5.73 Å². The van der Waals surface area contributed by atoms with E-state index in [1.165, 1.54) is 0 Å². The predicted molar refractivity (Wildman–Crippen MR) is 194 cm³/mol. The van der Waals surface area contributed by atoms with Crippen molar-refractivity contribution in [1.29, 1.82) is 0 Å². The molecule has 4 aromatic carbocycles. The molecule has 3 amide bonds. The fourth-order valence-electron chi connectivity index (χ4n) is 7.13. The monoisotopic (exact) mass is 655 g/mol. The summed E-state index contributed by atoms with van der Waals surface area (Å²) in [7, 11) is 0. The number of nitrogens with one attached hydrogen (secondary N) is 3. The number of H-pyrrole nitrogens is 1. The van der Waals surface area contributed by atoms with Crippen molar-refractivity contribution in [2.75, 3.05) is 13.1 Å². The van der Waals surface area contributed by atoms with E-state index in [2.05, 4.69) is 15.6 Å². The van der Waals surface area contributed by atoms with Crippen LogP contribution in [-0.2, 0) is 27.3 Å². The van der Waals surface area contributed by atoms with Crippen molar-refractivity contribution in [3.05, 3.63) is 144 Å². The van der Waals surface area contributed by atoms with Crippen LogP contribution in [0.1, 0.15) is 60.3 Å². The topological polar surface area (TPSA) is 120 Å². The SMILES string of the molecule is NCCCC[C@@H](C(=O)NCc1ccccc1)N1CCC(Cc2c[nH]c3ccccc23)(NC(=O)CC(c2ccccc2)c2ccccc2)C1=O. The third kappa shape index (κ3) is 7.92. The van der Waals surface area contributed by atoms with E-state index in [1.54, 1.807) is 4.90 Å². The Morgan fingerprint density at radius 3 is 2.14 bits per heavy atom. The lowest BCUT2D eigenvalue weighted by Gasteiger charge is -2.33. The molecule has 1 aromatic heterocycles. The molecule has 0 saturated carbocycles. The molecule has 2 atom stereocenters. The molecule has 1 unspecified atom stereocenters. The van der Waals surface area contributed by atoms with E-state index in [1.807, 2.05) is 121 Å². The number of unbranched alkanes of at least 4 members (excludes halogenated alkanes) is 1. The van der Waals surface area contributed by atoms with Gasteiger partial charge in [-0.15, -0.1) is 0 Å². The number of aromatic nitrogens is 1. The highest BCUT2D eigenvalue weighted by Crippen LogP contribution is 2.34. The predicted octanol–water partition coefficient (Wildman–Crippen LogP) is 5.83. The third-order valence-corrected chi connectivity index (χ3v) is 9.71. The lowest BCUT2D eigenvalue weighted by atomic mass is 9.86. The fourth-order valence-corrected chi connectivity index (χ4v) is 7.13. The van der Waals surface area contributed by atoms with Crippen molar-refractivity contribution in [1.82, 2.24) is 20.5 Å².